The fourth-order valence-corrected chi connectivity index (χ4v) is 5.02. The topological polar surface area (TPSA) is 24.9 Å². The van der Waals surface area contributed by atoms with Crippen molar-refractivity contribution in [2.24, 2.45) is 17.8 Å². The zero-order valence-corrected chi connectivity index (χ0v) is 16.9. The molecule has 4 heteroatoms. The Morgan fingerprint density at radius 3 is 2.41 bits per heavy atom. The first-order chi connectivity index (χ1) is 13.3. The summed E-state index contributed by atoms with van der Waals surface area (Å²) in [5.74, 6) is 3.57. The molecule has 0 radical (unpaired) electrons. The third kappa shape index (κ3) is 5.24. The molecule has 1 aromatic carbocycles. The highest BCUT2D eigenvalue weighted by Gasteiger charge is 2.55. The van der Waals surface area contributed by atoms with Gasteiger partial charge in [0.25, 0.3) is 0 Å². The van der Waals surface area contributed by atoms with Crippen LogP contribution in [0.15, 0.2) is 24.3 Å². The van der Waals surface area contributed by atoms with Gasteiger partial charge in [-0.25, -0.2) is 0 Å². The van der Waals surface area contributed by atoms with E-state index in [1.807, 2.05) is 6.92 Å². The van der Waals surface area contributed by atoms with Crippen LogP contribution in [0.4, 0.5) is 0 Å². The van der Waals surface area contributed by atoms with Crippen LogP contribution in [0.25, 0.3) is 0 Å². The molecule has 0 spiro atoms. The molecule has 3 fully saturated rings. The van der Waals surface area contributed by atoms with Gasteiger partial charge in [0, 0.05) is 32.8 Å². The van der Waals surface area contributed by atoms with Crippen molar-refractivity contribution in [3.05, 3.63) is 29.8 Å². The van der Waals surface area contributed by atoms with E-state index in [0.29, 0.717) is 0 Å². The Balaban J connectivity index is 1.07. The van der Waals surface area contributed by atoms with E-state index in [-0.39, 0.29) is 0 Å². The second-order valence-corrected chi connectivity index (χ2v) is 8.59. The van der Waals surface area contributed by atoms with Gasteiger partial charge in [-0.15, -0.1) is 0 Å². The third-order valence-electron chi connectivity index (χ3n) is 6.61. The van der Waals surface area contributed by atoms with E-state index in [0.717, 1.165) is 49.9 Å². The van der Waals surface area contributed by atoms with Gasteiger partial charge in [-0.3, -0.25) is 4.90 Å². The van der Waals surface area contributed by atoms with E-state index in [1.165, 1.54) is 64.0 Å². The third-order valence-corrected chi connectivity index (χ3v) is 6.61. The molecule has 0 amide bonds. The van der Waals surface area contributed by atoms with E-state index >= 15 is 0 Å². The van der Waals surface area contributed by atoms with Crippen LogP contribution in [0.3, 0.4) is 0 Å². The SMILES string of the molecule is CCOc1ccc(CN2C[C@@H]3[C@H](COCCCN4CCCCC4)[C@@H]3C2)cc1. The summed E-state index contributed by atoms with van der Waals surface area (Å²) in [4.78, 5) is 5.22. The zero-order chi connectivity index (χ0) is 18.5. The summed E-state index contributed by atoms with van der Waals surface area (Å²) in [7, 11) is 0. The number of fused-ring (bicyclic) bond motifs is 1. The number of hydrogen-bond acceptors (Lipinski definition) is 4. The maximum absolute atomic E-state index is 6.02. The standard InChI is InChI=1S/C23H36N2O2/c1-2-27-20-9-7-19(8-10-20)15-25-16-21-22(17-25)23(21)18-26-14-6-13-24-11-4-3-5-12-24/h7-10,21-23H,2-6,11-18H2,1H3/t21-,22+,23-. The smallest absolute Gasteiger partial charge is 0.119 e. The van der Waals surface area contributed by atoms with Crippen molar-refractivity contribution in [3.8, 4) is 5.75 Å². The zero-order valence-electron chi connectivity index (χ0n) is 16.9. The molecule has 27 heavy (non-hydrogen) atoms. The number of likely N-dealkylation sites (tertiary alicyclic amines) is 2. The van der Waals surface area contributed by atoms with E-state index in [2.05, 4.69) is 34.1 Å². The summed E-state index contributed by atoms with van der Waals surface area (Å²) in [5, 5.41) is 0. The van der Waals surface area contributed by atoms with Crippen LogP contribution in [0, 0.1) is 17.8 Å². The molecule has 0 N–H and O–H groups in total. The first kappa shape index (κ1) is 19.2. The lowest BCUT2D eigenvalue weighted by Crippen LogP contribution is -2.31. The highest BCUT2D eigenvalue weighted by atomic mass is 16.5. The lowest BCUT2D eigenvalue weighted by molar-refractivity contribution is 0.0967. The maximum atomic E-state index is 6.02. The average molecular weight is 373 g/mol. The minimum atomic E-state index is 0.733. The van der Waals surface area contributed by atoms with Gasteiger partial charge in [0.05, 0.1) is 13.2 Å². The van der Waals surface area contributed by atoms with Crippen molar-refractivity contribution in [1.82, 2.24) is 9.80 Å². The average Bonchev–Trinajstić information content (AvgIpc) is 3.15. The fraction of sp³-hybridized carbons (Fsp3) is 0.739. The first-order valence-corrected chi connectivity index (χ1v) is 11.1. The summed E-state index contributed by atoms with van der Waals surface area (Å²) in [6.07, 6.45) is 5.40. The van der Waals surface area contributed by atoms with Crippen LogP contribution in [-0.4, -0.2) is 62.3 Å². The van der Waals surface area contributed by atoms with Crippen molar-refractivity contribution in [2.45, 2.75) is 39.2 Å². The fourth-order valence-electron chi connectivity index (χ4n) is 5.02. The van der Waals surface area contributed by atoms with Crippen LogP contribution in [0.5, 0.6) is 5.75 Å². The van der Waals surface area contributed by atoms with Gasteiger partial charge in [-0.2, -0.15) is 0 Å². The molecule has 1 aromatic rings. The van der Waals surface area contributed by atoms with Crippen LogP contribution in [-0.2, 0) is 11.3 Å². The molecule has 2 aliphatic heterocycles. The number of hydrogen-bond donors (Lipinski definition) is 0. The summed E-state index contributed by atoms with van der Waals surface area (Å²) in [6.45, 7) is 12.1. The van der Waals surface area contributed by atoms with Crippen molar-refractivity contribution in [2.75, 3.05) is 52.5 Å². The van der Waals surface area contributed by atoms with Gasteiger partial charge >= 0.3 is 0 Å². The number of piperidine rings is 2. The monoisotopic (exact) mass is 372 g/mol. The number of rotatable bonds is 10. The lowest BCUT2D eigenvalue weighted by Gasteiger charge is -2.26. The largest absolute Gasteiger partial charge is 0.494 e. The first-order valence-electron chi connectivity index (χ1n) is 11.1. The van der Waals surface area contributed by atoms with E-state index in [4.69, 9.17) is 9.47 Å². The molecule has 4 nitrogen and oxygen atoms in total. The molecular weight excluding hydrogens is 336 g/mol. The summed E-state index contributed by atoms with van der Waals surface area (Å²) in [5.41, 5.74) is 1.39. The maximum Gasteiger partial charge on any atom is 0.119 e. The molecule has 2 saturated heterocycles. The quantitative estimate of drug-likeness (QED) is 0.585. The molecule has 0 aromatic heterocycles. The van der Waals surface area contributed by atoms with Gasteiger partial charge in [-0.1, -0.05) is 18.6 Å². The lowest BCUT2D eigenvalue weighted by atomic mass is 10.1. The van der Waals surface area contributed by atoms with E-state index in [9.17, 15) is 0 Å². The summed E-state index contributed by atoms with van der Waals surface area (Å²) in [6, 6.07) is 8.60. The van der Waals surface area contributed by atoms with Gasteiger partial charge in [0.15, 0.2) is 0 Å². The minimum Gasteiger partial charge on any atom is -0.494 e. The Kier molecular flexibility index (Phi) is 6.69. The molecule has 0 bridgehead atoms. The van der Waals surface area contributed by atoms with Crippen molar-refractivity contribution in [3.63, 3.8) is 0 Å². The van der Waals surface area contributed by atoms with Gasteiger partial charge in [0.2, 0.25) is 0 Å². The van der Waals surface area contributed by atoms with Crippen molar-refractivity contribution >= 4 is 0 Å². The summed E-state index contributed by atoms with van der Waals surface area (Å²) < 4.78 is 11.5. The molecular formula is C23H36N2O2. The Morgan fingerprint density at radius 2 is 1.70 bits per heavy atom. The predicted molar refractivity (Wildman–Crippen MR) is 109 cm³/mol. The Morgan fingerprint density at radius 1 is 0.963 bits per heavy atom. The number of benzene rings is 1. The Hall–Kier alpha value is -1.10. The molecule has 1 saturated carbocycles. The van der Waals surface area contributed by atoms with Crippen LogP contribution in [0.2, 0.25) is 0 Å². The highest BCUT2D eigenvalue weighted by molar-refractivity contribution is 5.27. The Bertz CT molecular complexity index is 558. The molecule has 2 heterocycles. The molecule has 150 valence electrons. The van der Waals surface area contributed by atoms with Gasteiger partial charge < -0.3 is 14.4 Å². The second kappa shape index (κ2) is 9.40. The molecule has 3 aliphatic rings. The van der Waals surface area contributed by atoms with Gasteiger partial charge in [-0.05, 0) is 74.7 Å². The Labute approximate surface area is 164 Å². The van der Waals surface area contributed by atoms with Crippen molar-refractivity contribution < 1.29 is 9.47 Å². The second-order valence-electron chi connectivity index (χ2n) is 8.59. The van der Waals surface area contributed by atoms with Crippen LogP contribution >= 0.6 is 0 Å². The van der Waals surface area contributed by atoms with Crippen molar-refractivity contribution in [1.29, 1.82) is 0 Å². The highest BCUT2D eigenvalue weighted by Crippen LogP contribution is 2.52. The molecule has 4 rings (SSSR count). The van der Waals surface area contributed by atoms with Gasteiger partial charge in [0.1, 0.15) is 5.75 Å². The molecule has 0 unspecified atom stereocenters. The predicted octanol–water partition coefficient (Wildman–Crippen LogP) is 3.66. The summed E-state index contributed by atoms with van der Waals surface area (Å²) >= 11 is 0. The number of nitrogens with zero attached hydrogens (tertiary/aromatic N) is 2. The van der Waals surface area contributed by atoms with Crippen LogP contribution < -0.4 is 4.74 Å². The van der Waals surface area contributed by atoms with Crippen LogP contribution in [0.1, 0.15) is 38.2 Å². The normalized spacial score (nSPS) is 28.3. The molecule has 3 atom stereocenters. The number of ether oxygens (including phenoxy) is 2. The molecule has 1 aliphatic carbocycles. The van der Waals surface area contributed by atoms with E-state index in [1.54, 1.807) is 0 Å². The van der Waals surface area contributed by atoms with E-state index < -0.39 is 0 Å². The minimum absolute atomic E-state index is 0.733.